The maximum absolute atomic E-state index is 13.1. The van der Waals surface area contributed by atoms with Crippen molar-refractivity contribution in [2.75, 3.05) is 23.8 Å². The van der Waals surface area contributed by atoms with E-state index in [0.29, 0.717) is 23.9 Å². The van der Waals surface area contributed by atoms with Crippen molar-refractivity contribution >= 4 is 27.5 Å². The number of para-hydroxylation sites is 1. The van der Waals surface area contributed by atoms with Crippen molar-refractivity contribution in [3.63, 3.8) is 0 Å². The van der Waals surface area contributed by atoms with Gasteiger partial charge in [-0.15, -0.1) is 10.2 Å². The van der Waals surface area contributed by atoms with E-state index in [2.05, 4.69) is 15.2 Å². The molecule has 8 nitrogen and oxygen atoms in total. The largest absolute Gasteiger partial charge is 0.338 e. The Kier molecular flexibility index (Phi) is 6.90. The molecular formula is C22H25N5O3S2. The highest BCUT2D eigenvalue weighted by Crippen LogP contribution is 2.28. The van der Waals surface area contributed by atoms with Crippen molar-refractivity contribution in [1.29, 1.82) is 0 Å². The lowest BCUT2D eigenvalue weighted by Gasteiger charge is -2.27. The first-order chi connectivity index (χ1) is 15.5. The maximum atomic E-state index is 13.1. The Morgan fingerprint density at radius 1 is 1.16 bits per heavy atom. The SMILES string of the molecule is CCCN(C(=O)CSc1nnc(-c2ccncc2)n1-c1ccccc1)C1CCS(=O)(=O)C1. The first kappa shape index (κ1) is 22.5. The van der Waals surface area contributed by atoms with Crippen LogP contribution < -0.4 is 0 Å². The summed E-state index contributed by atoms with van der Waals surface area (Å²) in [4.78, 5) is 18.9. The van der Waals surface area contributed by atoms with Gasteiger partial charge in [-0.1, -0.05) is 36.9 Å². The van der Waals surface area contributed by atoms with Crippen LogP contribution in [0.4, 0.5) is 0 Å². The summed E-state index contributed by atoms with van der Waals surface area (Å²) < 4.78 is 25.8. The van der Waals surface area contributed by atoms with Gasteiger partial charge in [0.05, 0.1) is 17.3 Å². The van der Waals surface area contributed by atoms with Gasteiger partial charge < -0.3 is 4.90 Å². The normalized spacial score (nSPS) is 17.3. The van der Waals surface area contributed by atoms with Gasteiger partial charge in [-0.25, -0.2) is 8.42 Å². The van der Waals surface area contributed by atoms with E-state index >= 15 is 0 Å². The molecule has 0 spiro atoms. The van der Waals surface area contributed by atoms with Crippen molar-refractivity contribution in [3.05, 3.63) is 54.9 Å². The number of pyridine rings is 1. The molecule has 4 rings (SSSR count). The van der Waals surface area contributed by atoms with Crippen molar-refractivity contribution in [3.8, 4) is 17.1 Å². The van der Waals surface area contributed by atoms with E-state index in [-0.39, 0.29) is 29.2 Å². The summed E-state index contributed by atoms with van der Waals surface area (Å²) in [5.74, 6) is 0.955. The molecule has 1 aliphatic rings. The highest BCUT2D eigenvalue weighted by atomic mass is 32.2. The molecule has 1 aliphatic heterocycles. The Labute approximate surface area is 192 Å². The van der Waals surface area contributed by atoms with Gasteiger partial charge in [-0.3, -0.25) is 14.3 Å². The first-order valence-corrected chi connectivity index (χ1v) is 13.3. The molecule has 3 aromatic rings. The fraction of sp³-hybridized carbons (Fsp3) is 0.364. The molecule has 1 fully saturated rings. The lowest BCUT2D eigenvalue weighted by atomic mass is 10.2. The summed E-state index contributed by atoms with van der Waals surface area (Å²) in [5, 5.41) is 9.34. The number of thioether (sulfide) groups is 1. The lowest BCUT2D eigenvalue weighted by Crippen LogP contribution is -2.42. The second-order valence-electron chi connectivity index (χ2n) is 7.65. The minimum Gasteiger partial charge on any atom is -0.338 e. The lowest BCUT2D eigenvalue weighted by molar-refractivity contribution is -0.130. The summed E-state index contributed by atoms with van der Waals surface area (Å²) in [6.45, 7) is 2.54. The van der Waals surface area contributed by atoms with Crippen molar-refractivity contribution < 1.29 is 13.2 Å². The van der Waals surface area contributed by atoms with Crippen LogP contribution >= 0.6 is 11.8 Å². The zero-order valence-electron chi connectivity index (χ0n) is 17.8. The molecule has 3 heterocycles. The van der Waals surface area contributed by atoms with E-state index in [1.54, 1.807) is 17.3 Å². The molecule has 0 bridgehead atoms. The van der Waals surface area contributed by atoms with E-state index in [4.69, 9.17) is 0 Å². The molecule has 1 saturated heterocycles. The molecule has 32 heavy (non-hydrogen) atoms. The summed E-state index contributed by atoms with van der Waals surface area (Å²) in [7, 11) is -3.06. The van der Waals surface area contributed by atoms with Gasteiger partial charge in [0, 0.05) is 36.2 Å². The molecule has 168 valence electrons. The molecule has 1 unspecified atom stereocenters. The molecule has 10 heteroatoms. The van der Waals surface area contributed by atoms with Gasteiger partial charge in [0.2, 0.25) is 5.91 Å². The second-order valence-corrected chi connectivity index (χ2v) is 10.8. The molecule has 0 N–H and O–H groups in total. The fourth-order valence-electron chi connectivity index (χ4n) is 3.84. The number of rotatable bonds is 8. The van der Waals surface area contributed by atoms with Crippen LogP contribution in [0.15, 0.2) is 60.0 Å². The number of hydrogen-bond donors (Lipinski definition) is 0. The monoisotopic (exact) mass is 471 g/mol. The third kappa shape index (κ3) is 5.02. The number of carbonyl (C=O) groups is 1. The number of hydrogen-bond acceptors (Lipinski definition) is 7. The summed E-state index contributed by atoms with van der Waals surface area (Å²) in [5.41, 5.74) is 1.77. The van der Waals surface area contributed by atoms with Crippen molar-refractivity contribution in [1.82, 2.24) is 24.6 Å². The number of carbonyl (C=O) groups excluding carboxylic acids is 1. The summed E-state index contributed by atoms with van der Waals surface area (Å²) >= 11 is 1.31. The Bertz CT molecular complexity index is 1170. The van der Waals surface area contributed by atoms with Crippen LogP contribution in [0.2, 0.25) is 0 Å². The minimum atomic E-state index is -3.06. The third-order valence-electron chi connectivity index (χ3n) is 5.35. The van der Waals surface area contributed by atoms with E-state index < -0.39 is 9.84 Å². The first-order valence-electron chi connectivity index (χ1n) is 10.5. The van der Waals surface area contributed by atoms with Crippen LogP contribution in [0.3, 0.4) is 0 Å². The molecule has 0 aliphatic carbocycles. The number of nitrogens with zero attached hydrogens (tertiary/aromatic N) is 5. The third-order valence-corrected chi connectivity index (χ3v) is 8.01. The van der Waals surface area contributed by atoms with E-state index in [0.717, 1.165) is 17.7 Å². The van der Waals surface area contributed by atoms with Crippen LogP contribution in [0.5, 0.6) is 0 Å². The Morgan fingerprint density at radius 2 is 1.91 bits per heavy atom. The minimum absolute atomic E-state index is 0.0514. The van der Waals surface area contributed by atoms with Crippen LogP contribution in [0.1, 0.15) is 19.8 Å². The zero-order valence-corrected chi connectivity index (χ0v) is 19.4. The summed E-state index contributed by atoms with van der Waals surface area (Å²) in [6.07, 6.45) is 4.69. The van der Waals surface area contributed by atoms with Crippen molar-refractivity contribution in [2.45, 2.75) is 31.0 Å². The number of amides is 1. The predicted molar refractivity (Wildman–Crippen MR) is 124 cm³/mol. The van der Waals surface area contributed by atoms with Crippen LogP contribution in [-0.4, -0.2) is 68.8 Å². The number of benzene rings is 1. The van der Waals surface area contributed by atoms with E-state index in [1.807, 2.05) is 54.0 Å². The fourth-order valence-corrected chi connectivity index (χ4v) is 6.41. The molecular weight excluding hydrogens is 446 g/mol. The molecule has 1 aromatic carbocycles. The Hall–Kier alpha value is -2.72. The molecule has 1 atom stereocenters. The molecule has 0 radical (unpaired) electrons. The van der Waals surface area contributed by atoms with Gasteiger partial charge in [-0.05, 0) is 37.1 Å². The summed E-state index contributed by atoms with van der Waals surface area (Å²) in [6, 6.07) is 13.2. The van der Waals surface area contributed by atoms with Crippen LogP contribution in [0.25, 0.3) is 17.1 Å². The topological polar surface area (TPSA) is 98.1 Å². The van der Waals surface area contributed by atoms with Crippen LogP contribution in [-0.2, 0) is 14.6 Å². The standard InChI is InChI=1S/C22H25N5O3S2/c1-2-13-26(19-10-14-32(29,30)16-19)20(28)15-31-22-25-24-21(17-8-11-23-12-9-17)27(22)18-6-4-3-5-7-18/h3-9,11-12,19H,2,10,13-16H2,1H3. The smallest absolute Gasteiger partial charge is 0.233 e. The number of sulfone groups is 1. The highest BCUT2D eigenvalue weighted by Gasteiger charge is 2.34. The molecule has 0 saturated carbocycles. The van der Waals surface area contributed by atoms with Gasteiger partial charge in [0.25, 0.3) is 0 Å². The average Bonchev–Trinajstić information content (AvgIpc) is 3.39. The van der Waals surface area contributed by atoms with Crippen molar-refractivity contribution in [2.24, 2.45) is 0 Å². The van der Waals surface area contributed by atoms with Gasteiger partial charge >= 0.3 is 0 Å². The quantitative estimate of drug-likeness (QED) is 0.466. The Morgan fingerprint density at radius 3 is 2.56 bits per heavy atom. The van der Waals surface area contributed by atoms with E-state index in [9.17, 15) is 13.2 Å². The van der Waals surface area contributed by atoms with Gasteiger partial charge in [0.1, 0.15) is 0 Å². The second kappa shape index (κ2) is 9.83. The molecule has 2 aromatic heterocycles. The van der Waals surface area contributed by atoms with E-state index in [1.165, 1.54) is 11.8 Å². The Balaban J connectivity index is 1.58. The average molecular weight is 472 g/mol. The maximum Gasteiger partial charge on any atom is 0.233 e. The molecule has 1 amide bonds. The van der Waals surface area contributed by atoms with Gasteiger partial charge in [-0.2, -0.15) is 0 Å². The highest BCUT2D eigenvalue weighted by molar-refractivity contribution is 7.99. The van der Waals surface area contributed by atoms with Crippen LogP contribution in [0, 0.1) is 0 Å². The van der Waals surface area contributed by atoms with Gasteiger partial charge in [0.15, 0.2) is 20.8 Å². The number of aromatic nitrogens is 4. The predicted octanol–water partition coefficient (Wildman–Crippen LogP) is 2.85. The zero-order chi connectivity index (χ0) is 22.6.